The van der Waals surface area contributed by atoms with E-state index >= 15 is 0 Å². The van der Waals surface area contributed by atoms with Crippen LogP contribution in [0.3, 0.4) is 0 Å². The van der Waals surface area contributed by atoms with E-state index in [1.165, 1.54) is 20.1 Å². The van der Waals surface area contributed by atoms with E-state index in [2.05, 4.69) is 11.3 Å². The largest absolute Gasteiger partial charge is 0.465 e. The first kappa shape index (κ1) is 10.9. The lowest BCUT2D eigenvalue weighted by Gasteiger charge is -2.03. The van der Waals surface area contributed by atoms with Crippen molar-refractivity contribution in [2.24, 2.45) is 0 Å². The highest BCUT2D eigenvalue weighted by Gasteiger charge is 2.06. The number of hydrogen-bond donors (Lipinski definition) is 2. The fourth-order valence-corrected chi connectivity index (χ4v) is 0.539. The third-order valence-corrected chi connectivity index (χ3v) is 1.26. The van der Waals surface area contributed by atoms with Crippen LogP contribution in [0.1, 0.15) is 6.92 Å². The van der Waals surface area contributed by atoms with Gasteiger partial charge in [0.25, 0.3) is 0 Å². The number of rotatable bonds is 3. The van der Waals surface area contributed by atoms with Gasteiger partial charge in [-0.2, -0.15) is 0 Å². The molecule has 2 N–H and O–H groups in total. The van der Waals surface area contributed by atoms with Crippen LogP contribution in [0.5, 0.6) is 0 Å². The predicted octanol–water partition coefficient (Wildman–Crippen LogP) is -0.0274. The Bertz CT molecular complexity index is 215. The van der Waals surface area contributed by atoms with Crippen molar-refractivity contribution in [3.05, 3.63) is 23.8 Å². The van der Waals surface area contributed by atoms with E-state index in [0.717, 1.165) is 0 Å². The highest BCUT2D eigenvalue weighted by Crippen LogP contribution is 2.04. The van der Waals surface area contributed by atoms with Gasteiger partial charge in [-0.05, 0) is 18.6 Å². The Hall–Kier alpha value is -1.13. The summed E-state index contributed by atoms with van der Waals surface area (Å²) in [6, 6.07) is 0. The Morgan fingerprint density at radius 1 is 1.58 bits per heavy atom. The number of ether oxygens (including phenoxy) is 1. The minimum atomic E-state index is -1.56. The Kier molecular flexibility index (Phi) is 4.25. The molecule has 0 aromatic carbocycles. The van der Waals surface area contributed by atoms with Crippen molar-refractivity contribution in [2.75, 3.05) is 7.11 Å². The Balaban J connectivity index is 4.34. The molecule has 0 radical (unpaired) electrons. The molecule has 0 fully saturated rings. The number of esters is 1. The second kappa shape index (κ2) is 4.69. The molecular weight excluding hydrogens is 160 g/mol. The first-order valence-electron chi connectivity index (χ1n) is 3.30. The first-order valence-corrected chi connectivity index (χ1v) is 3.30. The number of carbonyl (C=O) groups is 1. The van der Waals surface area contributed by atoms with Gasteiger partial charge in [-0.25, -0.2) is 4.79 Å². The molecule has 0 aliphatic heterocycles. The molecule has 0 spiro atoms. The maximum atomic E-state index is 10.7. The number of hydrogen-bond acceptors (Lipinski definition) is 4. The Labute approximate surface area is 70.8 Å². The van der Waals surface area contributed by atoms with Crippen LogP contribution in [0.4, 0.5) is 0 Å². The van der Waals surface area contributed by atoms with Crippen LogP contribution < -0.4 is 0 Å². The average molecular weight is 172 g/mol. The van der Waals surface area contributed by atoms with E-state index in [0.29, 0.717) is 0 Å². The van der Waals surface area contributed by atoms with Crippen molar-refractivity contribution in [1.82, 2.24) is 0 Å². The number of aliphatic hydroxyl groups is 2. The van der Waals surface area contributed by atoms with Crippen molar-refractivity contribution < 1.29 is 19.7 Å². The maximum absolute atomic E-state index is 10.7. The molecule has 0 amide bonds. The van der Waals surface area contributed by atoms with Crippen molar-refractivity contribution in [3.8, 4) is 0 Å². The number of carbonyl (C=O) groups excluding carboxylic acids is 1. The van der Waals surface area contributed by atoms with Gasteiger partial charge in [0.05, 0.1) is 12.7 Å². The summed E-state index contributed by atoms with van der Waals surface area (Å²) in [7, 11) is 1.23. The molecule has 12 heavy (non-hydrogen) atoms. The molecule has 0 aliphatic carbocycles. The van der Waals surface area contributed by atoms with Crippen LogP contribution >= 0.6 is 0 Å². The van der Waals surface area contributed by atoms with Gasteiger partial charge in [0, 0.05) is 0 Å². The molecular formula is C8H12O4. The molecule has 0 heterocycles. The summed E-state index contributed by atoms with van der Waals surface area (Å²) in [6.07, 6.45) is -0.303. The Morgan fingerprint density at radius 3 is 2.42 bits per heavy atom. The minimum Gasteiger partial charge on any atom is -0.465 e. The molecule has 0 unspecified atom stereocenters. The average Bonchev–Trinajstić information content (AvgIpc) is 2.02. The monoisotopic (exact) mass is 172 g/mol. The van der Waals surface area contributed by atoms with Gasteiger partial charge in [0.15, 0.2) is 6.29 Å². The summed E-state index contributed by atoms with van der Waals surface area (Å²) >= 11 is 0. The predicted molar refractivity (Wildman–Crippen MR) is 43.1 cm³/mol. The van der Waals surface area contributed by atoms with E-state index in [1.54, 1.807) is 0 Å². The van der Waals surface area contributed by atoms with E-state index in [4.69, 9.17) is 10.2 Å². The van der Waals surface area contributed by atoms with Crippen LogP contribution in [-0.4, -0.2) is 29.6 Å². The van der Waals surface area contributed by atoms with Crippen LogP contribution in [-0.2, 0) is 9.53 Å². The zero-order valence-electron chi connectivity index (χ0n) is 7.07. The summed E-state index contributed by atoms with van der Waals surface area (Å²) in [5.74, 6) is -0.588. The fraction of sp³-hybridized carbons (Fsp3) is 0.375. The molecule has 0 saturated carbocycles. The molecule has 0 aromatic rings. The summed E-state index contributed by atoms with van der Waals surface area (Å²) in [5.41, 5.74) is 0.327. The lowest BCUT2D eigenvalue weighted by molar-refractivity contribution is -0.135. The molecule has 4 nitrogen and oxygen atoms in total. The normalized spacial score (nSPS) is 11.6. The van der Waals surface area contributed by atoms with Gasteiger partial charge in [0.2, 0.25) is 0 Å². The van der Waals surface area contributed by atoms with E-state index in [1.807, 2.05) is 0 Å². The lowest BCUT2D eigenvalue weighted by atomic mass is 10.2. The molecule has 0 aliphatic rings. The van der Waals surface area contributed by atoms with Crippen LogP contribution in [0.15, 0.2) is 23.8 Å². The number of methoxy groups -OCH3 is 1. The van der Waals surface area contributed by atoms with E-state index < -0.39 is 12.3 Å². The maximum Gasteiger partial charge on any atom is 0.337 e. The van der Waals surface area contributed by atoms with Gasteiger partial charge in [-0.3, -0.25) is 0 Å². The third kappa shape index (κ3) is 3.32. The van der Waals surface area contributed by atoms with Crippen molar-refractivity contribution >= 4 is 5.97 Å². The molecule has 0 rings (SSSR count). The van der Waals surface area contributed by atoms with Crippen LogP contribution in [0.25, 0.3) is 0 Å². The molecule has 0 saturated heterocycles. The molecule has 0 atom stereocenters. The lowest BCUT2D eigenvalue weighted by Crippen LogP contribution is -2.08. The summed E-state index contributed by atoms with van der Waals surface area (Å²) in [5, 5.41) is 17.2. The van der Waals surface area contributed by atoms with Gasteiger partial charge >= 0.3 is 5.97 Å². The van der Waals surface area contributed by atoms with Gasteiger partial charge in [-0.15, -0.1) is 0 Å². The zero-order valence-corrected chi connectivity index (χ0v) is 7.07. The van der Waals surface area contributed by atoms with Gasteiger partial charge in [0.1, 0.15) is 0 Å². The van der Waals surface area contributed by atoms with E-state index in [9.17, 15) is 4.79 Å². The van der Waals surface area contributed by atoms with Crippen molar-refractivity contribution in [2.45, 2.75) is 13.2 Å². The second-order valence-electron chi connectivity index (χ2n) is 2.28. The van der Waals surface area contributed by atoms with Gasteiger partial charge in [-0.1, -0.05) is 6.58 Å². The van der Waals surface area contributed by atoms with Crippen LogP contribution in [0, 0.1) is 0 Å². The van der Waals surface area contributed by atoms with E-state index in [-0.39, 0.29) is 11.1 Å². The quantitative estimate of drug-likeness (QED) is 0.271. The highest BCUT2D eigenvalue weighted by atomic mass is 16.5. The van der Waals surface area contributed by atoms with Gasteiger partial charge < -0.3 is 14.9 Å². The molecule has 4 heteroatoms. The summed E-state index contributed by atoms with van der Waals surface area (Å²) in [4.78, 5) is 10.7. The number of aliphatic hydroxyl groups excluding tert-OH is 1. The van der Waals surface area contributed by atoms with Crippen molar-refractivity contribution in [1.29, 1.82) is 0 Å². The minimum absolute atomic E-state index is 0.0862. The standard InChI is InChI=1S/C8H12O4/c1-5(7(9)10)4-6(2)8(11)12-3/h4,7,9-10H,2H2,1,3H3. The molecule has 68 valence electrons. The topological polar surface area (TPSA) is 66.8 Å². The summed E-state index contributed by atoms with van der Waals surface area (Å²) < 4.78 is 4.35. The second-order valence-corrected chi connectivity index (χ2v) is 2.28. The highest BCUT2D eigenvalue weighted by molar-refractivity contribution is 5.90. The third-order valence-electron chi connectivity index (χ3n) is 1.26. The summed E-state index contributed by atoms with van der Waals surface area (Å²) in [6.45, 7) is 4.85. The zero-order chi connectivity index (χ0) is 9.72. The van der Waals surface area contributed by atoms with Crippen LogP contribution in [0.2, 0.25) is 0 Å². The molecule has 0 bridgehead atoms. The molecule has 0 aromatic heterocycles. The fourth-order valence-electron chi connectivity index (χ4n) is 0.539. The first-order chi connectivity index (χ1) is 5.49. The smallest absolute Gasteiger partial charge is 0.337 e. The SMILES string of the molecule is C=C(C=C(C)C(O)O)C(=O)OC. The van der Waals surface area contributed by atoms with Crippen molar-refractivity contribution in [3.63, 3.8) is 0 Å². The Morgan fingerprint density at radius 2 is 2.08 bits per heavy atom.